The molecule has 1 rings (SSSR count). The van der Waals surface area contributed by atoms with E-state index in [0.29, 0.717) is 0 Å². The number of aliphatic hydroxyl groups excluding tert-OH is 5. The summed E-state index contributed by atoms with van der Waals surface area (Å²) in [6.07, 6.45) is -6.13. The number of hydrogen-bond donors (Lipinski definition) is 7. The summed E-state index contributed by atoms with van der Waals surface area (Å²) in [7, 11) is 0. The maximum Gasteiger partial charge on any atom is 0.317 e. The molecule has 1 aliphatic rings. The molecule has 88 valence electrons. The van der Waals surface area contributed by atoms with Gasteiger partial charge >= 0.3 is 6.03 Å². The van der Waals surface area contributed by atoms with Gasteiger partial charge in [-0.1, -0.05) is 0 Å². The van der Waals surface area contributed by atoms with Gasteiger partial charge in [0, 0.05) is 0 Å². The van der Waals surface area contributed by atoms with Crippen LogP contribution in [0, 0.1) is 0 Å². The van der Waals surface area contributed by atoms with E-state index in [4.69, 9.17) is 10.2 Å². The summed E-state index contributed by atoms with van der Waals surface area (Å²) in [5.74, 6) is 0. The summed E-state index contributed by atoms with van der Waals surface area (Å²) in [6, 6.07) is -1.81. The third kappa shape index (κ3) is 2.55. The van der Waals surface area contributed by atoms with E-state index in [1.165, 1.54) is 0 Å². The highest BCUT2D eigenvalue weighted by molar-refractivity contribution is 5.77. The normalized spacial score (nSPS) is 31.7. The first-order valence-electron chi connectivity index (χ1n) is 4.37. The summed E-state index contributed by atoms with van der Waals surface area (Å²) in [6.45, 7) is -0.734. The molecule has 1 heterocycles. The van der Waals surface area contributed by atoms with Gasteiger partial charge in [-0.05, 0) is 0 Å². The summed E-state index contributed by atoms with van der Waals surface area (Å²) in [5.41, 5.74) is 0. The van der Waals surface area contributed by atoms with E-state index in [9.17, 15) is 20.1 Å². The van der Waals surface area contributed by atoms with Crippen molar-refractivity contribution >= 4 is 6.03 Å². The van der Waals surface area contributed by atoms with Gasteiger partial charge in [-0.3, -0.25) is 0 Å². The van der Waals surface area contributed by atoms with E-state index in [1.54, 1.807) is 0 Å². The lowest BCUT2D eigenvalue weighted by atomic mass is 10.0. The predicted molar refractivity (Wildman–Crippen MR) is 46.6 cm³/mol. The zero-order chi connectivity index (χ0) is 11.6. The van der Waals surface area contributed by atoms with Crippen LogP contribution in [0.15, 0.2) is 0 Å². The fraction of sp³-hybridized carbons (Fsp3) is 0.857. The van der Waals surface area contributed by atoms with Crippen LogP contribution in [0.4, 0.5) is 4.79 Å². The number of amides is 2. The summed E-state index contributed by atoms with van der Waals surface area (Å²) in [4.78, 5) is 10.7. The van der Waals surface area contributed by atoms with Crippen LogP contribution in [0.2, 0.25) is 0 Å². The number of carbonyl (C=O) groups is 1. The van der Waals surface area contributed by atoms with Crippen molar-refractivity contribution in [2.24, 2.45) is 0 Å². The highest BCUT2D eigenvalue weighted by Crippen LogP contribution is 2.10. The van der Waals surface area contributed by atoms with E-state index < -0.39 is 43.2 Å². The first-order chi connectivity index (χ1) is 6.97. The lowest BCUT2D eigenvalue weighted by molar-refractivity contribution is -0.0960. The zero-order valence-corrected chi connectivity index (χ0v) is 7.74. The highest BCUT2D eigenvalue weighted by atomic mass is 16.4. The van der Waals surface area contributed by atoms with Crippen LogP contribution in [-0.4, -0.2) is 68.8 Å². The van der Waals surface area contributed by atoms with Gasteiger partial charge in [-0.15, -0.1) is 0 Å². The van der Waals surface area contributed by atoms with Crippen molar-refractivity contribution in [1.29, 1.82) is 0 Å². The molecule has 0 saturated carbocycles. The maximum atomic E-state index is 10.7. The average Bonchev–Trinajstić information content (AvgIpc) is 2.54. The van der Waals surface area contributed by atoms with Gasteiger partial charge in [0.15, 0.2) is 6.23 Å². The Kier molecular flexibility index (Phi) is 3.83. The topological polar surface area (TPSA) is 142 Å². The van der Waals surface area contributed by atoms with Crippen molar-refractivity contribution in [3.8, 4) is 0 Å². The van der Waals surface area contributed by atoms with Crippen LogP contribution in [-0.2, 0) is 0 Å². The number of rotatable bonds is 4. The minimum absolute atomic E-state index is 0.683. The van der Waals surface area contributed by atoms with Crippen molar-refractivity contribution in [1.82, 2.24) is 10.6 Å². The zero-order valence-electron chi connectivity index (χ0n) is 7.74. The lowest BCUT2D eigenvalue weighted by Gasteiger charge is -2.26. The Morgan fingerprint density at radius 1 is 1.27 bits per heavy atom. The number of nitrogens with one attached hydrogen (secondary N) is 2. The lowest BCUT2D eigenvalue weighted by Crippen LogP contribution is -2.53. The van der Waals surface area contributed by atoms with Crippen LogP contribution < -0.4 is 10.6 Å². The summed E-state index contributed by atoms with van der Waals surface area (Å²) in [5, 5.41) is 49.8. The Labute approximate surface area is 85.2 Å². The van der Waals surface area contributed by atoms with Gasteiger partial charge in [0.1, 0.15) is 24.4 Å². The maximum absolute atomic E-state index is 10.7. The van der Waals surface area contributed by atoms with Gasteiger partial charge in [-0.25, -0.2) is 4.79 Å². The minimum Gasteiger partial charge on any atom is -0.394 e. The molecule has 2 amide bonds. The van der Waals surface area contributed by atoms with E-state index in [0.717, 1.165) is 0 Å². The number of hydrogen-bond acceptors (Lipinski definition) is 6. The Morgan fingerprint density at radius 3 is 2.27 bits per heavy atom. The van der Waals surface area contributed by atoms with Gasteiger partial charge in [0.2, 0.25) is 0 Å². The molecule has 1 aliphatic heterocycles. The van der Waals surface area contributed by atoms with Crippen LogP contribution in [0.1, 0.15) is 0 Å². The first-order valence-corrected chi connectivity index (χ1v) is 4.37. The molecular weight excluding hydrogens is 208 g/mol. The van der Waals surface area contributed by atoms with E-state index in [-0.39, 0.29) is 0 Å². The molecule has 5 atom stereocenters. The van der Waals surface area contributed by atoms with E-state index in [2.05, 4.69) is 5.32 Å². The molecule has 0 aliphatic carbocycles. The molecule has 0 unspecified atom stereocenters. The smallest absolute Gasteiger partial charge is 0.317 e. The molecule has 0 radical (unpaired) electrons. The molecule has 1 saturated heterocycles. The molecule has 0 aromatic rings. The van der Waals surface area contributed by atoms with E-state index in [1.807, 2.05) is 5.32 Å². The quantitative estimate of drug-likeness (QED) is 0.259. The average molecular weight is 222 g/mol. The van der Waals surface area contributed by atoms with Crippen molar-refractivity contribution in [3.63, 3.8) is 0 Å². The molecule has 8 heteroatoms. The summed E-state index contributed by atoms with van der Waals surface area (Å²) >= 11 is 0. The second kappa shape index (κ2) is 4.73. The molecule has 0 bridgehead atoms. The third-order valence-corrected chi connectivity index (χ3v) is 2.22. The SMILES string of the molecule is O=C1N[C@H]([C@@H](O)[C@H](O)[C@H](O)CO)[C@@H](O)N1. The monoisotopic (exact) mass is 222 g/mol. The standard InChI is InChI=1S/C7H14N2O6/c10-1-2(11)4(12)5(13)3-6(14)9-7(15)8-3/h2-6,10-14H,1H2,(H2,8,9,15)/t2-,3-,4-,5-,6-/m1/s1. The van der Waals surface area contributed by atoms with Crippen LogP contribution in [0.5, 0.6) is 0 Å². The second-order valence-corrected chi connectivity index (χ2v) is 3.32. The summed E-state index contributed by atoms with van der Waals surface area (Å²) < 4.78 is 0. The van der Waals surface area contributed by atoms with Crippen molar-refractivity contribution in [2.75, 3.05) is 6.61 Å². The van der Waals surface area contributed by atoms with Gasteiger partial charge in [0.25, 0.3) is 0 Å². The highest BCUT2D eigenvalue weighted by Gasteiger charge is 2.40. The molecule has 15 heavy (non-hydrogen) atoms. The van der Waals surface area contributed by atoms with Crippen molar-refractivity contribution < 1.29 is 30.3 Å². The van der Waals surface area contributed by atoms with Crippen LogP contribution in [0.25, 0.3) is 0 Å². The fourth-order valence-electron chi connectivity index (χ4n) is 1.32. The molecule has 7 N–H and O–H groups in total. The van der Waals surface area contributed by atoms with Crippen LogP contribution >= 0.6 is 0 Å². The van der Waals surface area contributed by atoms with Crippen molar-refractivity contribution in [3.05, 3.63) is 0 Å². The number of aliphatic hydroxyl groups is 5. The van der Waals surface area contributed by atoms with Gasteiger partial charge < -0.3 is 36.2 Å². The second-order valence-electron chi connectivity index (χ2n) is 3.32. The Hall–Kier alpha value is -0.930. The van der Waals surface area contributed by atoms with Gasteiger partial charge in [0.05, 0.1) is 6.61 Å². The Balaban J connectivity index is 2.59. The number of urea groups is 1. The molecule has 1 fully saturated rings. The third-order valence-electron chi connectivity index (χ3n) is 2.22. The molecule has 8 nitrogen and oxygen atoms in total. The molecule has 0 aromatic carbocycles. The van der Waals surface area contributed by atoms with Crippen LogP contribution in [0.3, 0.4) is 0 Å². The fourth-order valence-corrected chi connectivity index (χ4v) is 1.32. The molecule has 0 spiro atoms. The Morgan fingerprint density at radius 2 is 1.87 bits per heavy atom. The molecule has 0 aromatic heterocycles. The van der Waals surface area contributed by atoms with Gasteiger partial charge in [-0.2, -0.15) is 0 Å². The first kappa shape index (κ1) is 12.1. The van der Waals surface area contributed by atoms with E-state index >= 15 is 0 Å². The predicted octanol–water partition coefficient (Wildman–Crippen LogP) is -3.94. The minimum atomic E-state index is -1.66. The number of carbonyl (C=O) groups excluding carboxylic acids is 1. The van der Waals surface area contributed by atoms with Crippen molar-refractivity contribution in [2.45, 2.75) is 30.6 Å². The Bertz CT molecular complexity index is 238. The molecular formula is C7H14N2O6. The largest absolute Gasteiger partial charge is 0.394 e.